The second-order valence-electron chi connectivity index (χ2n) is 7.01. The number of hydrogen-bond donors (Lipinski definition) is 0. The van der Waals surface area contributed by atoms with Crippen LogP contribution >= 0.6 is 0 Å². The van der Waals surface area contributed by atoms with E-state index < -0.39 is 11.7 Å². The van der Waals surface area contributed by atoms with Gasteiger partial charge in [-0.15, -0.1) is 10.2 Å². The maximum absolute atomic E-state index is 12.8. The van der Waals surface area contributed by atoms with Gasteiger partial charge >= 0.3 is 6.18 Å². The van der Waals surface area contributed by atoms with Crippen molar-refractivity contribution in [1.82, 2.24) is 20.0 Å². The summed E-state index contributed by atoms with van der Waals surface area (Å²) in [6.07, 6.45) is -2.77. The van der Waals surface area contributed by atoms with Crippen LogP contribution in [-0.2, 0) is 6.18 Å². The number of halogens is 3. The van der Waals surface area contributed by atoms with Crippen LogP contribution in [0.2, 0.25) is 0 Å². The third-order valence-corrected chi connectivity index (χ3v) is 4.93. The molecule has 0 aliphatic heterocycles. The van der Waals surface area contributed by atoms with E-state index in [1.807, 2.05) is 60.7 Å². The van der Waals surface area contributed by atoms with Crippen LogP contribution < -0.4 is 0 Å². The largest absolute Gasteiger partial charge is 0.416 e. The van der Waals surface area contributed by atoms with Crippen LogP contribution in [0.1, 0.15) is 5.56 Å². The molecule has 0 aliphatic rings. The summed E-state index contributed by atoms with van der Waals surface area (Å²) >= 11 is 0. The molecule has 0 spiro atoms. The Kier molecular flexibility index (Phi) is 4.82. The van der Waals surface area contributed by atoms with E-state index in [2.05, 4.69) is 15.3 Å². The molecule has 0 amide bonds. The molecule has 32 heavy (non-hydrogen) atoms. The van der Waals surface area contributed by atoms with E-state index in [0.29, 0.717) is 11.1 Å². The van der Waals surface area contributed by atoms with Gasteiger partial charge in [-0.2, -0.15) is 18.3 Å². The first-order chi connectivity index (χ1) is 15.5. The Morgan fingerprint density at radius 3 is 1.97 bits per heavy atom. The van der Waals surface area contributed by atoms with E-state index >= 15 is 0 Å². The molecular weight excluding hydrogens is 417 g/mol. The summed E-state index contributed by atoms with van der Waals surface area (Å²) in [6.45, 7) is 0. The van der Waals surface area contributed by atoms with E-state index in [1.165, 1.54) is 12.1 Å². The third kappa shape index (κ3) is 3.66. The average molecular weight is 432 g/mol. The van der Waals surface area contributed by atoms with Crippen LogP contribution in [0.25, 0.3) is 39.9 Å². The smallest absolute Gasteiger partial charge is 0.416 e. The quantitative estimate of drug-likeness (QED) is 0.336. The molecule has 0 aliphatic carbocycles. The molecule has 0 bridgehead atoms. The maximum atomic E-state index is 12.8. The molecule has 0 saturated heterocycles. The molecule has 2 aromatic heterocycles. The fraction of sp³-hybridized carbons (Fsp3) is 0.0417. The second-order valence-corrected chi connectivity index (χ2v) is 7.01. The minimum Gasteiger partial charge on any atom is -0.416 e. The summed E-state index contributed by atoms with van der Waals surface area (Å²) in [5, 5.41) is 12.7. The zero-order chi connectivity index (χ0) is 22.1. The number of hydrogen-bond acceptors (Lipinski definition) is 4. The minimum atomic E-state index is -4.41. The van der Waals surface area contributed by atoms with Crippen molar-refractivity contribution < 1.29 is 17.6 Å². The van der Waals surface area contributed by atoms with Gasteiger partial charge in [-0.1, -0.05) is 48.5 Å². The lowest BCUT2D eigenvalue weighted by Crippen LogP contribution is -2.03. The van der Waals surface area contributed by atoms with Gasteiger partial charge in [0.1, 0.15) is 0 Å². The number of nitrogens with zero attached hydrogens (tertiary/aromatic N) is 4. The van der Waals surface area contributed by atoms with E-state index in [-0.39, 0.29) is 11.8 Å². The molecule has 0 saturated carbocycles. The van der Waals surface area contributed by atoms with E-state index in [4.69, 9.17) is 4.42 Å². The minimum absolute atomic E-state index is 0.125. The van der Waals surface area contributed by atoms with Gasteiger partial charge in [0, 0.05) is 11.1 Å². The summed E-state index contributed by atoms with van der Waals surface area (Å²) in [5.41, 5.74) is 2.80. The lowest BCUT2D eigenvalue weighted by atomic mass is 10.1. The van der Waals surface area contributed by atoms with Crippen LogP contribution in [-0.4, -0.2) is 20.0 Å². The predicted octanol–water partition coefficient (Wildman–Crippen LogP) is 6.28. The number of aromatic nitrogens is 4. The van der Waals surface area contributed by atoms with Crippen molar-refractivity contribution >= 4 is 0 Å². The summed E-state index contributed by atoms with van der Waals surface area (Å²) < 4.78 is 46.1. The Balaban J connectivity index is 1.58. The number of para-hydroxylation sites is 1. The molecule has 5 aromatic rings. The fourth-order valence-corrected chi connectivity index (χ4v) is 3.39. The zero-order valence-electron chi connectivity index (χ0n) is 16.5. The van der Waals surface area contributed by atoms with E-state index in [9.17, 15) is 13.2 Å². The number of alkyl halides is 3. The van der Waals surface area contributed by atoms with Crippen LogP contribution in [0.5, 0.6) is 0 Å². The summed E-state index contributed by atoms with van der Waals surface area (Å²) in [6, 6.07) is 23.9. The number of rotatable bonds is 4. The molecule has 5 rings (SSSR count). The lowest BCUT2D eigenvalue weighted by Gasteiger charge is -2.09. The van der Waals surface area contributed by atoms with E-state index in [0.717, 1.165) is 29.1 Å². The van der Waals surface area contributed by atoms with Crippen LogP contribution in [0.3, 0.4) is 0 Å². The molecule has 2 heterocycles. The molecule has 0 N–H and O–H groups in total. The first-order valence-corrected chi connectivity index (χ1v) is 9.71. The molecule has 5 nitrogen and oxygen atoms in total. The van der Waals surface area contributed by atoms with Crippen molar-refractivity contribution in [2.45, 2.75) is 6.18 Å². The van der Waals surface area contributed by atoms with Crippen molar-refractivity contribution in [1.29, 1.82) is 0 Å². The van der Waals surface area contributed by atoms with Crippen molar-refractivity contribution in [3.8, 4) is 39.9 Å². The highest BCUT2D eigenvalue weighted by Gasteiger charge is 2.30. The summed E-state index contributed by atoms with van der Waals surface area (Å²) in [5.74, 6) is 0.348. The average Bonchev–Trinajstić information content (AvgIpc) is 3.47. The zero-order valence-corrected chi connectivity index (χ0v) is 16.5. The van der Waals surface area contributed by atoms with Gasteiger partial charge in [-0.3, -0.25) is 0 Å². The Labute approximate surface area is 180 Å². The third-order valence-electron chi connectivity index (χ3n) is 4.93. The predicted molar refractivity (Wildman–Crippen MR) is 113 cm³/mol. The molecule has 3 aromatic carbocycles. The Morgan fingerprint density at radius 2 is 1.31 bits per heavy atom. The Hall–Kier alpha value is -4.20. The number of benzene rings is 3. The summed E-state index contributed by atoms with van der Waals surface area (Å²) in [7, 11) is 0. The highest BCUT2D eigenvalue weighted by atomic mass is 19.4. The topological polar surface area (TPSA) is 56.7 Å². The Morgan fingerprint density at radius 1 is 0.688 bits per heavy atom. The first kappa shape index (κ1) is 19.7. The van der Waals surface area contributed by atoms with Crippen molar-refractivity contribution in [2.75, 3.05) is 0 Å². The van der Waals surface area contributed by atoms with Crippen molar-refractivity contribution in [3.05, 3.63) is 96.7 Å². The Bertz CT molecular complexity index is 1340. The molecule has 0 fully saturated rings. The molecule has 158 valence electrons. The van der Waals surface area contributed by atoms with E-state index in [1.54, 1.807) is 10.9 Å². The lowest BCUT2D eigenvalue weighted by molar-refractivity contribution is -0.137. The van der Waals surface area contributed by atoms with Crippen LogP contribution in [0, 0.1) is 0 Å². The molecule has 0 unspecified atom stereocenters. The highest BCUT2D eigenvalue weighted by Crippen LogP contribution is 2.35. The van der Waals surface area contributed by atoms with Crippen LogP contribution in [0.4, 0.5) is 13.2 Å². The molecule has 0 radical (unpaired) electrons. The molecular formula is C24H15F3N4O. The summed E-state index contributed by atoms with van der Waals surface area (Å²) in [4.78, 5) is 0. The molecule has 8 heteroatoms. The maximum Gasteiger partial charge on any atom is 0.416 e. The van der Waals surface area contributed by atoms with Crippen molar-refractivity contribution in [2.24, 2.45) is 0 Å². The van der Waals surface area contributed by atoms with Crippen LogP contribution in [0.15, 0.2) is 95.5 Å². The van der Waals surface area contributed by atoms with Gasteiger partial charge in [0.2, 0.25) is 5.89 Å². The van der Waals surface area contributed by atoms with Gasteiger partial charge in [0.15, 0.2) is 0 Å². The second kappa shape index (κ2) is 7.81. The standard InChI is InChI=1S/C24H15F3N4O/c25-24(26,27)18-13-11-17(12-14-18)22-29-30-23(32-22)20-15-28-31(19-9-5-2-6-10-19)21(20)16-7-3-1-4-8-16/h1-15H. The van der Waals surface area contributed by atoms with Gasteiger partial charge in [-0.25, -0.2) is 4.68 Å². The SMILES string of the molecule is FC(F)(F)c1ccc(-c2nnc(-c3cnn(-c4ccccc4)c3-c3ccccc3)o2)cc1. The van der Waals surface area contributed by atoms with Gasteiger partial charge in [0.05, 0.1) is 28.7 Å². The highest BCUT2D eigenvalue weighted by molar-refractivity contribution is 5.78. The first-order valence-electron chi connectivity index (χ1n) is 9.71. The van der Waals surface area contributed by atoms with Gasteiger partial charge in [0.25, 0.3) is 5.89 Å². The normalized spacial score (nSPS) is 11.6. The monoisotopic (exact) mass is 432 g/mol. The van der Waals surface area contributed by atoms with Crippen molar-refractivity contribution in [3.63, 3.8) is 0 Å². The fourth-order valence-electron chi connectivity index (χ4n) is 3.39. The van der Waals surface area contributed by atoms with Gasteiger partial charge < -0.3 is 4.42 Å². The van der Waals surface area contributed by atoms with Gasteiger partial charge in [-0.05, 0) is 36.4 Å². The molecule has 0 atom stereocenters.